The molecule has 1 atom stereocenters. The topological polar surface area (TPSA) is 61.5 Å². The molecule has 1 fully saturated rings. The molecule has 0 aromatic heterocycles. The van der Waals surface area contributed by atoms with Crippen LogP contribution in [0.3, 0.4) is 0 Å². The summed E-state index contributed by atoms with van der Waals surface area (Å²) in [6, 6.07) is 0. The summed E-state index contributed by atoms with van der Waals surface area (Å²) >= 11 is 0. The van der Waals surface area contributed by atoms with Gasteiger partial charge in [-0.2, -0.15) is 0 Å². The zero-order chi connectivity index (χ0) is 12.0. The van der Waals surface area contributed by atoms with Gasteiger partial charge < -0.3 is 15.2 Å². The largest absolute Gasteiger partial charge is 0.468 e. The average Bonchev–Trinajstić information content (AvgIpc) is 2.29. The van der Waals surface area contributed by atoms with E-state index in [4.69, 9.17) is 10.5 Å². The Bertz CT molecular complexity index is 222. The first-order valence-corrected chi connectivity index (χ1v) is 6.05. The van der Waals surface area contributed by atoms with Gasteiger partial charge in [0.25, 0.3) is 0 Å². The lowest BCUT2D eigenvalue weighted by atomic mass is 9.97. The number of hydrogen-bond donors (Lipinski definition) is 1. The van der Waals surface area contributed by atoms with Crippen LogP contribution in [0.1, 0.15) is 45.4 Å². The molecule has 1 rings (SSSR count). The molecule has 0 aromatic rings. The molecule has 0 aliphatic heterocycles. The first-order valence-electron chi connectivity index (χ1n) is 6.05. The maximum absolute atomic E-state index is 11.3. The molecule has 16 heavy (non-hydrogen) atoms. The molecular formula is C12H23NO3. The second-order valence-electron chi connectivity index (χ2n) is 4.79. The Balaban J connectivity index is 2.20. The van der Waals surface area contributed by atoms with E-state index in [1.165, 1.54) is 26.4 Å². The molecule has 1 saturated carbocycles. The van der Waals surface area contributed by atoms with Gasteiger partial charge in [-0.15, -0.1) is 0 Å². The second kappa shape index (κ2) is 6.21. The van der Waals surface area contributed by atoms with Gasteiger partial charge >= 0.3 is 5.97 Å². The highest BCUT2D eigenvalue weighted by Crippen LogP contribution is 2.21. The summed E-state index contributed by atoms with van der Waals surface area (Å²) < 4.78 is 10.4. The summed E-state index contributed by atoms with van der Waals surface area (Å²) in [6.07, 6.45) is 6.97. The minimum absolute atomic E-state index is 0.363. The second-order valence-corrected chi connectivity index (χ2v) is 4.79. The molecule has 0 aromatic carbocycles. The molecule has 1 unspecified atom stereocenters. The normalized spacial score (nSPS) is 21.4. The molecule has 0 radical (unpaired) electrons. The number of carbonyl (C=O) groups excluding carboxylic acids is 1. The van der Waals surface area contributed by atoms with Crippen LogP contribution in [-0.2, 0) is 14.3 Å². The van der Waals surface area contributed by atoms with Crippen LogP contribution < -0.4 is 5.73 Å². The molecule has 0 spiro atoms. The van der Waals surface area contributed by atoms with E-state index in [0.29, 0.717) is 19.1 Å². The smallest absolute Gasteiger partial charge is 0.325 e. The maximum atomic E-state index is 11.3. The van der Waals surface area contributed by atoms with E-state index in [9.17, 15) is 4.79 Å². The zero-order valence-electron chi connectivity index (χ0n) is 10.3. The molecule has 4 heteroatoms. The van der Waals surface area contributed by atoms with Gasteiger partial charge in [-0.05, 0) is 26.2 Å². The van der Waals surface area contributed by atoms with Gasteiger partial charge in [0.1, 0.15) is 5.54 Å². The summed E-state index contributed by atoms with van der Waals surface area (Å²) in [7, 11) is 1.36. The lowest BCUT2D eigenvalue weighted by Crippen LogP contribution is -2.46. The highest BCUT2D eigenvalue weighted by Gasteiger charge is 2.29. The average molecular weight is 229 g/mol. The van der Waals surface area contributed by atoms with Crippen molar-refractivity contribution in [2.24, 2.45) is 5.73 Å². The van der Waals surface area contributed by atoms with Crippen LogP contribution >= 0.6 is 0 Å². The van der Waals surface area contributed by atoms with Crippen molar-refractivity contribution in [1.29, 1.82) is 0 Å². The number of nitrogens with two attached hydrogens (primary N) is 1. The Morgan fingerprint density at radius 1 is 1.38 bits per heavy atom. The molecule has 1 aliphatic rings. The Labute approximate surface area is 97.5 Å². The predicted octanol–water partition coefficient (Wildman–Crippen LogP) is 1.62. The fraction of sp³-hybridized carbons (Fsp3) is 0.917. The Hall–Kier alpha value is -0.610. The predicted molar refractivity (Wildman–Crippen MR) is 62.1 cm³/mol. The van der Waals surface area contributed by atoms with Crippen LogP contribution in [0.25, 0.3) is 0 Å². The van der Waals surface area contributed by atoms with E-state index >= 15 is 0 Å². The Kier molecular flexibility index (Phi) is 5.22. The van der Waals surface area contributed by atoms with E-state index in [2.05, 4.69) is 4.74 Å². The lowest BCUT2D eigenvalue weighted by molar-refractivity contribution is -0.147. The van der Waals surface area contributed by atoms with Gasteiger partial charge in [-0.3, -0.25) is 4.79 Å². The van der Waals surface area contributed by atoms with Crippen molar-refractivity contribution in [3.8, 4) is 0 Å². The summed E-state index contributed by atoms with van der Waals surface area (Å²) in [4.78, 5) is 11.3. The van der Waals surface area contributed by atoms with Crippen LogP contribution in [0.2, 0.25) is 0 Å². The third kappa shape index (κ3) is 4.10. The van der Waals surface area contributed by atoms with E-state index in [0.717, 1.165) is 12.8 Å². The molecule has 0 bridgehead atoms. The molecule has 0 heterocycles. The standard InChI is InChI=1S/C12H23NO3/c1-12(13,11(14)15-2)8-9-16-10-6-4-3-5-7-10/h10H,3-9,13H2,1-2H3. The molecule has 0 saturated heterocycles. The number of carbonyl (C=O) groups is 1. The van der Waals surface area contributed by atoms with E-state index in [-0.39, 0.29) is 5.97 Å². The zero-order valence-corrected chi connectivity index (χ0v) is 10.3. The molecule has 0 amide bonds. The number of rotatable bonds is 5. The molecule has 4 nitrogen and oxygen atoms in total. The quantitative estimate of drug-likeness (QED) is 0.728. The fourth-order valence-corrected chi connectivity index (χ4v) is 2.00. The third-order valence-corrected chi connectivity index (χ3v) is 3.18. The van der Waals surface area contributed by atoms with Gasteiger partial charge in [-0.25, -0.2) is 0 Å². The van der Waals surface area contributed by atoms with E-state index in [1.54, 1.807) is 6.92 Å². The van der Waals surface area contributed by atoms with Gasteiger partial charge in [0.15, 0.2) is 0 Å². The first-order chi connectivity index (χ1) is 7.56. The van der Waals surface area contributed by atoms with Crippen molar-refractivity contribution in [3.63, 3.8) is 0 Å². The first kappa shape index (κ1) is 13.5. The van der Waals surface area contributed by atoms with Crippen LogP contribution in [-0.4, -0.2) is 31.3 Å². The summed E-state index contributed by atoms with van der Waals surface area (Å²) in [5.41, 5.74) is 4.90. The summed E-state index contributed by atoms with van der Waals surface area (Å²) in [5.74, 6) is -0.375. The highest BCUT2D eigenvalue weighted by atomic mass is 16.5. The van der Waals surface area contributed by atoms with Crippen molar-refractivity contribution in [2.45, 2.75) is 57.1 Å². The number of esters is 1. The van der Waals surface area contributed by atoms with Gasteiger partial charge in [0, 0.05) is 6.61 Å². The monoisotopic (exact) mass is 229 g/mol. The van der Waals surface area contributed by atoms with Crippen molar-refractivity contribution in [3.05, 3.63) is 0 Å². The Morgan fingerprint density at radius 2 is 2.00 bits per heavy atom. The minimum atomic E-state index is -0.927. The van der Waals surface area contributed by atoms with Gasteiger partial charge in [0.2, 0.25) is 0 Å². The molecule has 94 valence electrons. The van der Waals surface area contributed by atoms with E-state index in [1.807, 2.05) is 0 Å². The third-order valence-electron chi connectivity index (χ3n) is 3.18. The minimum Gasteiger partial charge on any atom is -0.468 e. The number of hydrogen-bond acceptors (Lipinski definition) is 4. The van der Waals surface area contributed by atoms with Crippen molar-refractivity contribution < 1.29 is 14.3 Å². The van der Waals surface area contributed by atoms with Crippen LogP contribution in [0.5, 0.6) is 0 Å². The molecule has 1 aliphatic carbocycles. The van der Waals surface area contributed by atoms with Crippen molar-refractivity contribution in [1.82, 2.24) is 0 Å². The van der Waals surface area contributed by atoms with E-state index < -0.39 is 5.54 Å². The number of ether oxygens (including phenoxy) is 2. The van der Waals surface area contributed by atoms with Crippen molar-refractivity contribution in [2.75, 3.05) is 13.7 Å². The Morgan fingerprint density at radius 3 is 2.56 bits per heavy atom. The highest BCUT2D eigenvalue weighted by molar-refractivity contribution is 5.79. The summed E-state index contributed by atoms with van der Waals surface area (Å²) in [5, 5.41) is 0. The van der Waals surface area contributed by atoms with Gasteiger partial charge in [0.05, 0.1) is 13.2 Å². The van der Waals surface area contributed by atoms with Crippen LogP contribution in [0.4, 0.5) is 0 Å². The molecular weight excluding hydrogens is 206 g/mol. The van der Waals surface area contributed by atoms with Gasteiger partial charge in [-0.1, -0.05) is 19.3 Å². The number of methoxy groups -OCH3 is 1. The molecule has 2 N–H and O–H groups in total. The SMILES string of the molecule is COC(=O)C(C)(N)CCOC1CCCCC1. The van der Waals surface area contributed by atoms with Crippen LogP contribution in [0, 0.1) is 0 Å². The fourth-order valence-electron chi connectivity index (χ4n) is 2.00. The maximum Gasteiger partial charge on any atom is 0.325 e. The van der Waals surface area contributed by atoms with Crippen molar-refractivity contribution >= 4 is 5.97 Å². The lowest BCUT2D eigenvalue weighted by Gasteiger charge is -2.25. The summed E-state index contributed by atoms with van der Waals surface area (Å²) in [6.45, 7) is 2.22. The van der Waals surface area contributed by atoms with Crippen LogP contribution in [0.15, 0.2) is 0 Å².